The zero-order valence-electron chi connectivity index (χ0n) is 24.3. The maximum Gasteiger partial charge on any atom is 0.411 e. The molecule has 2 fully saturated rings. The maximum absolute atomic E-state index is 14.0. The Morgan fingerprint density at radius 2 is 1.76 bits per heavy atom. The van der Waals surface area contributed by atoms with Crippen molar-refractivity contribution in [2.75, 3.05) is 6.54 Å². The van der Waals surface area contributed by atoms with Crippen molar-refractivity contribution in [2.24, 2.45) is 0 Å². The van der Waals surface area contributed by atoms with Gasteiger partial charge in [0.15, 0.2) is 0 Å². The lowest BCUT2D eigenvalue weighted by atomic mass is 9.90. The normalized spacial score (nSPS) is 22.5. The van der Waals surface area contributed by atoms with Crippen molar-refractivity contribution in [1.29, 1.82) is 0 Å². The maximum atomic E-state index is 14.0. The van der Waals surface area contributed by atoms with Gasteiger partial charge in [0.2, 0.25) is 11.8 Å². The summed E-state index contributed by atoms with van der Waals surface area (Å²) >= 11 is 0. The monoisotopic (exact) mass is 571 g/mol. The highest BCUT2D eigenvalue weighted by Gasteiger charge is 2.46. The number of aromatic amines is 1. The lowest BCUT2D eigenvalue weighted by molar-refractivity contribution is -0.136. The van der Waals surface area contributed by atoms with Crippen molar-refractivity contribution in [3.8, 4) is 0 Å². The van der Waals surface area contributed by atoms with Crippen molar-refractivity contribution in [3.63, 3.8) is 0 Å². The number of carbonyl (C=O) groups is 4. The minimum Gasteiger partial charge on any atom is -0.444 e. The molecule has 3 aliphatic heterocycles. The minimum absolute atomic E-state index is 0.135. The third kappa shape index (κ3) is 5.33. The van der Waals surface area contributed by atoms with Crippen molar-refractivity contribution >= 4 is 34.8 Å². The number of fused-ring (bicyclic) bond motifs is 4. The number of imide groups is 1. The van der Waals surface area contributed by atoms with E-state index in [1.165, 1.54) is 9.80 Å². The summed E-state index contributed by atoms with van der Waals surface area (Å²) in [5, 5.41) is 4.18. The molecule has 3 aliphatic rings. The molecule has 3 atom stereocenters. The molecular weight excluding hydrogens is 534 g/mol. The first-order valence-corrected chi connectivity index (χ1v) is 14.6. The highest BCUT2D eigenvalue weighted by molar-refractivity contribution is 5.98. The fraction of sp³-hybridized carbons (Fsp3) is 0.438. The zero-order valence-corrected chi connectivity index (χ0v) is 24.3. The Morgan fingerprint density at radius 1 is 1.02 bits per heavy atom. The number of nitrogens with zero attached hydrogens (tertiary/aromatic N) is 3. The Bertz CT molecular complexity index is 1530. The number of piperidine rings is 1. The van der Waals surface area contributed by atoms with Gasteiger partial charge in [-0.05, 0) is 50.8 Å². The first-order valence-electron chi connectivity index (χ1n) is 14.6. The second-order valence-corrected chi connectivity index (χ2v) is 12.4. The molecule has 2 aromatic carbocycles. The van der Waals surface area contributed by atoms with Crippen molar-refractivity contribution in [3.05, 3.63) is 71.4 Å². The number of benzene rings is 2. The molecule has 220 valence electrons. The topological polar surface area (TPSA) is 115 Å². The van der Waals surface area contributed by atoms with E-state index >= 15 is 0 Å². The molecule has 42 heavy (non-hydrogen) atoms. The number of aromatic nitrogens is 1. The number of para-hydroxylation sites is 1. The number of H-pyrrole nitrogens is 1. The first-order chi connectivity index (χ1) is 20.1. The number of amides is 5. The number of carbonyl (C=O) groups excluding carboxylic acids is 4. The Hall–Kier alpha value is -4.34. The van der Waals surface area contributed by atoms with E-state index < -0.39 is 29.8 Å². The molecule has 2 saturated heterocycles. The van der Waals surface area contributed by atoms with Gasteiger partial charge in [0.05, 0.1) is 19.1 Å². The summed E-state index contributed by atoms with van der Waals surface area (Å²) in [7, 11) is 0. The highest BCUT2D eigenvalue weighted by atomic mass is 16.6. The Kier molecular flexibility index (Phi) is 7.16. The average Bonchev–Trinajstić information content (AvgIpc) is 3.32. The van der Waals surface area contributed by atoms with Gasteiger partial charge in [-0.3, -0.25) is 19.4 Å². The molecule has 3 aromatic rings. The molecule has 2 N–H and O–H groups in total. The Labute approximate surface area is 245 Å². The standard InChI is InChI=1S/C32H37N5O5/c1-32(2,3)42-31(41)36-19-25-22(21-12-7-8-13-23(21)33-25)16-27(36)29(39)34-24-14-9-15-35-26(24)17-28(38)37(30(35)40)18-20-10-5-4-6-11-20/h4-8,10-13,24,26-27,33H,9,14-19H2,1-3H3,(H,34,39)/t24-,26-,27?/m1/s1. The molecule has 0 bridgehead atoms. The van der Waals surface area contributed by atoms with Crippen LogP contribution in [0.3, 0.4) is 0 Å². The third-order valence-electron chi connectivity index (χ3n) is 8.39. The smallest absolute Gasteiger partial charge is 0.411 e. The van der Waals surface area contributed by atoms with E-state index in [4.69, 9.17) is 4.74 Å². The van der Waals surface area contributed by atoms with Crippen LogP contribution in [0.15, 0.2) is 54.6 Å². The number of hydrogen-bond donors (Lipinski definition) is 2. The zero-order chi connectivity index (χ0) is 29.6. The van der Waals surface area contributed by atoms with Crippen LogP contribution in [0.4, 0.5) is 9.59 Å². The van der Waals surface area contributed by atoms with Gasteiger partial charge >= 0.3 is 12.1 Å². The summed E-state index contributed by atoms with van der Waals surface area (Å²) in [5.74, 6) is -0.557. The predicted octanol–water partition coefficient (Wildman–Crippen LogP) is 4.33. The van der Waals surface area contributed by atoms with Gasteiger partial charge in [-0.15, -0.1) is 0 Å². The number of nitrogens with one attached hydrogen (secondary N) is 2. The molecule has 0 aliphatic carbocycles. The van der Waals surface area contributed by atoms with Gasteiger partial charge in [0.1, 0.15) is 11.6 Å². The van der Waals surface area contributed by atoms with Crippen LogP contribution in [-0.2, 0) is 33.8 Å². The third-order valence-corrected chi connectivity index (χ3v) is 8.39. The molecule has 0 saturated carbocycles. The van der Waals surface area contributed by atoms with Crippen molar-refractivity contribution < 1.29 is 23.9 Å². The Morgan fingerprint density at radius 3 is 2.52 bits per heavy atom. The van der Waals surface area contributed by atoms with E-state index in [-0.39, 0.29) is 37.4 Å². The molecule has 1 unspecified atom stereocenters. The van der Waals surface area contributed by atoms with Crippen LogP contribution < -0.4 is 5.32 Å². The summed E-state index contributed by atoms with van der Waals surface area (Å²) in [4.78, 5) is 61.9. The summed E-state index contributed by atoms with van der Waals surface area (Å²) in [5.41, 5.74) is 3.01. The second kappa shape index (κ2) is 10.8. The molecule has 5 amide bonds. The predicted molar refractivity (Wildman–Crippen MR) is 156 cm³/mol. The molecule has 6 rings (SSSR count). The van der Waals surface area contributed by atoms with E-state index in [1.54, 1.807) is 25.7 Å². The van der Waals surface area contributed by atoms with Gasteiger partial charge in [-0.2, -0.15) is 0 Å². The number of rotatable bonds is 4. The molecular formula is C32H37N5O5. The molecule has 1 aromatic heterocycles. The summed E-state index contributed by atoms with van der Waals surface area (Å²) < 4.78 is 5.70. The van der Waals surface area contributed by atoms with E-state index in [1.807, 2.05) is 54.6 Å². The summed E-state index contributed by atoms with van der Waals surface area (Å²) in [6.45, 7) is 6.36. The number of hydrogen-bond acceptors (Lipinski definition) is 5. The highest BCUT2D eigenvalue weighted by Crippen LogP contribution is 2.33. The summed E-state index contributed by atoms with van der Waals surface area (Å²) in [6.07, 6.45) is 1.25. The van der Waals surface area contributed by atoms with Crippen LogP contribution in [0, 0.1) is 0 Å². The molecule has 4 heterocycles. The van der Waals surface area contributed by atoms with Crippen LogP contribution in [0.25, 0.3) is 10.9 Å². The second-order valence-electron chi connectivity index (χ2n) is 12.4. The molecule has 10 heteroatoms. The van der Waals surface area contributed by atoms with Gasteiger partial charge in [0, 0.05) is 42.0 Å². The lowest BCUT2D eigenvalue weighted by Crippen LogP contribution is -2.66. The molecule has 0 spiro atoms. The van der Waals surface area contributed by atoms with Crippen molar-refractivity contribution in [2.45, 2.75) is 83.3 Å². The van der Waals surface area contributed by atoms with Crippen molar-refractivity contribution in [1.82, 2.24) is 25.0 Å². The van der Waals surface area contributed by atoms with Gasteiger partial charge in [0.25, 0.3) is 0 Å². The van der Waals surface area contributed by atoms with E-state index in [0.717, 1.165) is 27.7 Å². The van der Waals surface area contributed by atoms with E-state index in [2.05, 4.69) is 10.3 Å². The Balaban J connectivity index is 1.22. The quantitative estimate of drug-likeness (QED) is 0.484. The fourth-order valence-electron chi connectivity index (χ4n) is 6.42. The largest absolute Gasteiger partial charge is 0.444 e. The fourth-order valence-corrected chi connectivity index (χ4v) is 6.42. The number of urea groups is 1. The van der Waals surface area contributed by atoms with Crippen LogP contribution in [0.1, 0.15) is 56.9 Å². The van der Waals surface area contributed by atoms with Gasteiger partial charge in [-0.1, -0.05) is 48.5 Å². The van der Waals surface area contributed by atoms with Crippen LogP contribution >= 0.6 is 0 Å². The summed E-state index contributed by atoms with van der Waals surface area (Å²) in [6, 6.07) is 15.4. The minimum atomic E-state index is -0.800. The lowest BCUT2D eigenvalue weighted by Gasteiger charge is -2.47. The van der Waals surface area contributed by atoms with Crippen LogP contribution in [0.5, 0.6) is 0 Å². The van der Waals surface area contributed by atoms with Crippen LogP contribution in [-0.4, -0.2) is 73.9 Å². The van der Waals surface area contributed by atoms with Crippen LogP contribution in [0.2, 0.25) is 0 Å². The number of ether oxygens (including phenoxy) is 1. The molecule has 10 nitrogen and oxygen atoms in total. The SMILES string of the molecule is CC(C)(C)OC(=O)N1Cc2[nH]c3ccccc3c2CC1C(=O)N[C@@H]1CCCN2C(=O)N(Cc3ccccc3)C(=O)C[C@H]12. The average molecular weight is 572 g/mol. The molecule has 0 radical (unpaired) electrons. The van der Waals surface area contributed by atoms with E-state index in [9.17, 15) is 19.2 Å². The van der Waals surface area contributed by atoms with Gasteiger partial charge in [-0.25, -0.2) is 9.59 Å². The first kappa shape index (κ1) is 27.8. The van der Waals surface area contributed by atoms with E-state index in [0.29, 0.717) is 25.8 Å². The van der Waals surface area contributed by atoms with Gasteiger partial charge < -0.3 is 19.9 Å².